The molecule has 0 radical (unpaired) electrons. The first kappa shape index (κ1) is 25.8. The number of hydrogen-bond donors (Lipinski definition) is 1. The van der Waals surface area contributed by atoms with Gasteiger partial charge in [0.25, 0.3) is 5.78 Å². The second-order valence-electron chi connectivity index (χ2n) is 10.1. The number of anilines is 3. The van der Waals surface area contributed by atoms with Crippen molar-refractivity contribution in [3.05, 3.63) is 41.8 Å². The van der Waals surface area contributed by atoms with Crippen LogP contribution in [0, 0.1) is 5.92 Å². The van der Waals surface area contributed by atoms with Crippen LogP contribution in [0.4, 0.5) is 17.6 Å². The Kier molecular flexibility index (Phi) is 7.75. The summed E-state index contributed by atoms with van der Waals surface area (Å²) in [5, 5.41) is 6.51. The normalized spacial score (nSPS) is 18.6. The van der Waals surface area contributed by atoms with E-state index in [9.17, 15) is 0 Å². The highest BCUT2D eigenvalue weighted by atomic mass is 32.1. The topological polar surface area (TPSA) is 110 Å². The summed E-state index contributed by atoms with van der Waals surface area (Å²) in [7, 11) is 1.68. The number of nitrogens with zero attached hydrogens (tertiary/aromatic N) is 8. The van der Waals surface area contributed by atoms with Crippen LogP contribution >= 0.6 is 11.3 Å². The van der Waals surface area contributed by atoms with Crippen molar-refractivity contribution < 1.29 is 9.47 Å². The van der Waals surface area contributed by atoms with Crippen LogP contribution in [0.2, 0.25) is 0 Å². The van der Waals surface area contributed by atoms with Crippen LogP contribution in [0.25, 0.3) is 16.5 Å². The Morgan fingerprint density at radius 3 is 2.59 bits per heavy atom. The van der Waals surface area contributed by atoms with Gasteiger partial charge in [-0.25, -0.2) is 0 Å². The number of aromatic nitrogens is 5. The van der Waals surface area contributed by atoms with E-state index in [0.29, 0.717) is 42.6 Å². The van der Waals surface area contributed by atoms with Crippen molar-refractivity contribution in [1.29, 1.82) is 0 Å². The van der Waals surface area contributed by atoms with E-state index in [4.69, 9.17) is 20.2 Å². The molecular weight excluding hydrogens is 514 g/mol. The molecule has 2 saturated heterocycles. The number of nitrogens with two attached hydrogens (primary N) is 1. The molecule has 2 aliphatic rings. The van der Waals surface area contributed by atoms with E-state index in [1.54, 1.807) is 18.4 Å². The van der Waals surface area contributed by atoms with Gasteiger partial charge >= 0.3 is 0 Å². The fourth-order valence-electron chi connectivity index (χ4n) is 5.39. The van der Waals surface area contributed by atoms with E-state index in [0.717, 1.165) is 62.9 Å². The molecule has 0 saturated carbocycles. The summed E-state index contributed by atoms with van der Waals surface area (Å²) >= 11 is 1.59. The summed E-state index contributed by atoms with van der Waals surface area (Å²) in [5.74, 6) is 3.54. The lowest BCUT2D eigenvalue weighted by Gasteiger charge is -2.40. The number of rotatable bonds is 9. The van der Waals surface area contributed by atoms with Gasteiger partial charge in [0.2, 0.25) is 11.9 Å². The van der Waals surface area contributed by atoms with Crippen LogP contribution in [0.1, 0.15) is 12.8 Å². The molecule has 12 heteroatoms. The number of methoxy groups -OCH3 is 1. The van der Waals surface area contributed by atoms with Crippen molar-refractivity contribution in [3.63, 3.8) is 0 Å². The third kappa shape index (κ3) is 5.92. The van der Waals surface area contributed by atoms with E-state index in [2.05, 4.69) is 41.9 Å². The van der Waals surface area contributed by atoms with Crippen LogP contribution in [0.5, 0.6) is 5.75 Å². The van der Waals surface area contributed by atoms with Gasteiger partial charge < -0.3 is 25.0 Å². The Balaban J connectivity index is 1.03. The zero-order valence-corrected chi connectivity index (χ0v) is 23.1. The Labute approximate surface area is 232 Å². The average Bonchev–Trinajstić information content (AvgIpc) is 3.65. The lowest BCUT2D eigenvalue weighted by atomic mass is 9.97. The van der Waals surface area contributed by atoms with Crippen molar-refractivity contribution in [1.82, 2.24) is 29.5 Å². The van der Waals surface area contributed by atoms with Gasteiger partial charge in [0.1, 0.15) is 12.4 Å². The maximum atomic E-state index is 6.27. The molecule has 0 spiro atoms. The molecule has 0 amide bonds. The molecule has 0 bridgehead atoms. The number of hydrogen-bond acceptors (Lipinski definition) is 11. The molecule has 11 nitrogen and oxygen atoms in total. The minimum absolute atomic E-state index is 0.318. The Hall–Kier alpha value is -3.48. The van der Waals surface area contributed by atoms with Gasteiger partial charge in [0.15, 0.2) is 5.82 Å². The first-order valence-corrected chi connectivity index (χ1v) is 14.4. The van der Waals surface area contributed by atoms with E-state index in [1.165, 1.54) is 16.6 Å². The minimum Gasteiger partial charge on any atom is -0.491 e. The molecule has 5 heterocycles. The fourth-order valence-corrected chi connectivity index (χ4v) is 6.04. The molecule has 1 atom stereocenters. The van der Waals surface area contributed by atoms with Gasteiger partial charge in [0.05, 0.1) is 11.5 Å². The number of fused-ring (bicyclic) bond motifs is 1. The maximum absolute atomic E-state index is 6.27. The summed E-state index contributed by atoms with van der Waals surface area (Å²) in [5.41, 5.74) is 7.52. The lowest BCUT2D eigenvalue weighted by molar-refractivity contribution is 0.146. The molecule has 1 aromatic carbocycles. The highest BCUT2D eigenvalue weighted by Gasteiger charge is 2.27. The number of nitrogen functional groups attached to an aromatic ring is 1. The number of piperazine rings is 1. The first-order chi connectivity index (χ1) is 19.2. The average molecular weight is 550 g/mol. The van der Waals surface area contributed by atoms with Crippen LogP contribution in [-0.2, 0) is 4.74 Å². The maximum Gasteiger partial charge on any atom is 0.259 e. The number of thiophene rings is 1. The summed E-state index contributed by atoms with van der Waals surface area (Å²) in [6.07, 6.45) is 2.33. The summed E-state index contributed by atoms with van der Waals surface area (Å²) in [6, 6.07) is 12.4. The molecule has 3 aromatic heterocycles. The first-order valence-electron chi connectivity index (χ1n) is 13.5. The molecule has 6 rings (SSSR count). The third-order valence-corrected chi connectivity index (χ3v) is 8.28. The van der Waals surface area contributed by atoms with Gasteiger partial charge in [-0.3, -0.25) is 4.90 Å². The number of benzene rings is 1. The molecule has 206 valence electrons. The third-order valence-electron chi connectivity index (χ3n) is 7.41. The lowest BCUT2D eigenvalue weighted by Crippen LogP contribution is -2.49. The van der Waals surface area contributed by atoms with Crippen LogP contribution < -0.4 is 20.3 Å². The van der Waals surface area contributed by atoms with Gasteiger partial charge in [-0.2, -0.15) is 19.5 Å². The van der Waals surface area contributed by atoms with Gasteiger partial charge in [-0.05, 0) is 54.5 Å². The molecule has 2 aliphatic heterocycles. The van der Waals surface area contributed by atoms with E-state index < -0.39 is 0 Å². The van der Waals surface area contributed by atoms with Crippen molar-refractivity contribution in [2.75, 3.05) is 81.7 Å². The van der Waals surface area contributed by atoms with Crippen LogP contribution in [0.3, 0.4) is 0 Å². The zero-order chi connectivity index (χ0) is 26.6. The number of ether oxygens (including phenoxy) is 2. The predicted octanol–water partition coefficient (Wildman–Crippen LogP) is 2.89. The SMILES string of the molecule is COCCOc1ccc(N2CCN(CC3CCCN(c4nc(N)n5nc(-c6cccs6)nc5n4)C3)CC2)cc1. The highest BCUT2D eigenvalue weighted by Crippen LogP contribution is 2.26. The van der Waals surface area contributed by atoms with Crippen LogP contribution in [0.15, 0.2) is 41.8 Å². The Morgan fingerprint density at radius 2 is 1.82 bits per heavy atom. The summed E-state index contributed by atoms with van der Waals surface area (Å²) in [4.78, 5) is 22.2. The zero-order valence-electron chi connectivity index (χ0n) is 22.3. The van der Waals surface area contributed by atoms with E-state index in [1.807, 2.05) is 29.6 Å². The van der Waals surface area contributed by atoms with Crippen molar-refractivity contribution in [2.24, 2.45) is 5.92 Å². The Morgan fingerprint density at radius 1 is 0.974 bits per heavy atom. The molecule has 39 heavy (non-hydrogen) atoms. The molecular formula is C27H35N9O2S. The standard InChI is InChI=1S/C27H35N9O2S/c1-37-15-16-38-22-8-6-21(7-9-22)34-13-11-33(12-14-34)18-20-4-2-10-35(19-20)26-30-25(28)36-27(31-26)29-24(32-36)23-5-3-17-39-23/h3,5-9,17,20H,2,4,10-16,18-19H2,1H3,(H2,28,29,30,31,32). The van der Waals surface area contributed by atoms with Crippen molar-refractivity contribution >= 4 is 34.7 Å². The van der Waals surface area contributed by atoms with E-state index in [-0.39, 0.29) is 0 Å². The van der Waals surface area contributed by atoms with Gasteiger partial charge in [0, 0.05) is 58.6 Å². The monoisotopic (exact) mass is 549 g/mol. The van der Waals surface area contributed by atoms with E-state index >= 15 is 0 Å². The Bertz CT molecular complexity index is 1350. The molecule has 2 N–H and O–H groups in total. The smallest absolute Gasteiger partial charge is 0.259 e. The fraction of sp³-hybridized carbons (Fsp3) is 0.481. The largest absolute Gasteiger partial charge is 0.491 e. The summed E-state index contributed by atoms with van der Waals surface area (Å²) in [6.45, 7) is 8.26. The molecule has 1 unspecified atom stereocenters. The number of piperidine rings is 1. The second-order valence-corrected chi connectivity index (χ2v) is 11.0. The van der Waals surface area contributed by atoms with Gasteiger partial charge in [-0.1, -0.05) is 6.07 Å². The predicted molar refractivity (Wildman–Crippen MR) is 154 cm³/mol. The van der Waals surface area contributed by atoms with Crippen molar-refractivity contribution in [2.45, 2.75) is 12.8 Å². The van der Waals surface area contributed by atoms with Crippen molar-refractivity contribution in [3.8, 4) is 16.5 Å². The second kappa shape index (κ2) is 11.7. The molecule has 0 aliphatic carbocycles. The quantitative estimate of drug-likeness (QED) is 0.313. The van der Waals surface area contributed by atoms with Crippen LogP contribution in [-0.4, -0.2) is 95.6 Å². The van der Waals surface area contributed by atoms with Gasteiger partial charge in [-0.15, -0.1) is 16.4 Å². The molecule has 4 aromatic rings. The summed E-state index contributed by atoms with van der Waals surface area (Å²) < 4.78 is 12.3. The highest BCUT2D eigenvalue weighted by molar-refractivity contribution is 7.13. The minimum atomic E-state index is 0.318. The molecule has 2 fully saturated rings.